The van der Waals surface area contributed by atoms with Gasteiger partial charge in [-0.25, -0.2) is 22.2 Å². The molecule has 4 rings (SSSR count). The van der Waals surface area contributed by atoms with Gasteiger partial charge in [0.25, 0.3) is 10.0 Å². The smallest absolute Gasteiger partial charge is 0.266 e. The van der Waals surface area contributed by atoms with Crippen molar-refractivity contribution in [1.82, 2.24) is 4.98 Å². The number of nitrogens with one attached hydrogen (secondary N) is 2. The van der Waals surface area contributed by atoms with Crippen LogP contribution in [0.5, 0.6) is 0 Å². The third kappa shape index (κ3) is 4.43. The third-order valence-electron chi connectivity index (χ3n) is 4.89. The molecule has 0 aliphatic heterocycles. The van der Waals surface area contributed by atoms with Gasteiger partial charge in [0.05, 0.1) is 22.3 Å². The molecular formula is C20H18ClF2N3O2S2. The van der Waals surface area contributed by atoms with Gasteiger partial charge in [0.2, 0.25) is 0 Å². The van der Waals surface area contributed by atoms with Crippen molar-refractivity contribution >= 4 is 44.5 Å². The monoisotopic (exact) mass is 469 g/mol. The van der Waals surface area contributed by atoms with Gasteiger partial charge in [0.1, 0.15) is 16.5 Å². The van der Waals surface area contributed by atoms with Gasteiger partial charge in [-0.05, 0) is 49.4 Å². The van der Waals surface area contributed by atoms with Gasteiger partial charge < -0.3 is 5.32 Å². The van der Waals surface area contributed by atoms with E-state index in [1.54, 1.807) is 13.0 Å². The predicted molar refractivity (Wildman–Crippen MR) is 115 cm³/mol. The number of hydrogen-bond donors (Lipinski definition) is 2. The van der Waals surface area contributed by atoms with E-state index < -0.39 is 26.8 Å². The molecule has 0 radical (unpaired) electrons. The minimum absolute atomic E-state index is 0.000610. The quantitative estimate of drug-likeness (QED) is 0.450. The lowest BCUT2D eigenvalue weighted by Crippen LogP contribution is -2.16. The molecule has 1 aliphatic rings. The molecule has 0 unspecified atom stereocenters. The van der Waals surface area contributed by atoms with Gasteiger partial charge in [0.15, 0.2) is 5.82 Å². The average Bonchev–Trinajstić information content (AvgIpc) is 3.42. The molecule has 2 aromatic carbocycles. The number of thiazole rings is 1. The standard InChI is InChI=1S/C20H18ClF2N3O2S2/c1-11(14-6-13(12-2-3-12)4-5-16(14)22)25-18-8-17(23)19(7-15(18)21)30(27,28)26-20-9-29-10-24-20/h4-12,25-26H,2-3H2,1H3/t11-/m0/s1. The van der Waals surface area contributed by atoms with Crippen molar-refractivity contribution in [2.45, 2.75) is 36.6 Å². The van der Waals surface area contributed by atoms with Crippen LogP contribution in [0.4, 0.5) is 20.3 Å². The van der Waals surface area contributed by atoms with Crippen molar-refractivity contribution in [3.8, 4) is 0 Å². The Labute approximate surface area is 182 Å². The Morgan fingerprint density at radius 1 is 1.20 bits per heavy atom. The van der Waals surface area contributed by atoms with E-state index >= 15 is 0 Å². The van der Waals surface area contributed by atoms with Crippen LogP contribution in [0.15, 0.2) is 46.1 Å². The minimum Gasteiger partial charge on any atom is -0.377 e. The van der Waals surface area contributed by atoms with Gasteiger partial charge in [-0.3, -0.25) is 4.72 Å². The molecule has 1 fully saturated rings. The molecule has 10 heteroatoms. The zero-order chi connectivity index (χ0) is 21.5. The highest BCUT2D eigenvalue weighted by atomic mass is 35.5. The number of hydrogen-bond acceptors (Lipinski definition) is 5. The SMILES string of the molecule is C[C@H](Nc1cc(F)c(S(=O)(=O)Nc2cscn2)cc1Cl)c1cc(C2CC2)ccc1F. The van der Waals surface area contributed by atoms with Crippen LogP contribution in [0.1, 0.15) is 42.9 Å². The first-order chi connectivity index (χ1) is 14.2. The highest BCUT2D eigenvalue weighted by molar-refractivity contribution is 7.92. The fourth-order valence-electron chi connectivity index (χ4n) is 3.18. The van der Waals surface area contributed by atoms with Crippen LogP contribution in [-0.2, 0) is 10.0 Å². The summed E-state index contributed by atoms with van der Waals surface area (Å²) < 4.78 is 56.1. The van der Waals surface area contributed by atoms with E-state index in [4.69, 9.17) is 11.6 Å². The molecule has 158 valence electrons. The molecule has 1 aliphatic carbocycles. The van der Waals surface area contributed by atoms with Gasteiger partial charge in [-0.1, -0.05) is 23.7 Å². The Morgan fingerprint density at radius 3 is 2.63 bits per heavy atom. The predicted octanol–water partition coefficient (Wildman–Crippen LogP) is 5.93. The van der Waals surface area contributed by atoms with E-state index in [0.717, 1.165) is 30.5 Å². The minimum atomic E-state index is -4.20. The van der Waals surface area contributed by atoms with E-state index in [1.807, 2.05) is 6.07 Å². The number of anilines is 2. The lowest BCUT2D eigenvalue weighted by atomic mass is 10.0. The highest BCUT2D eigenvalue weighted by Gasteiger charge is 2.26. The number of sulfonamides is 1. The molecule has 5 nitrogen and oxygen atoms in total. The van der Waals surface area contributed by atoms with Crippen LogP contribution in [-0.4, -0.2) is 13.4 Å². The summed E-state index contributed by atoms with van der Waals surface area (Å²) in [7, 11) is -4.20. The summed E-state index contributed by atoms with van der Waals surface area (Å²) in [4.78, 5) is 3.23. The van der Waals surface area contributed by atoms with Crippen LogP contribution < -0.4 is 10.0 Å². The fourth-order valence-corrected chi connectivity index (χ4v) is 5.10. The van der Waals surface area contributed by atoms with E-state index in [1.165, 1.54) is 28.3 Å². The summed E-state index contributed by atoms with van der Waals surface area (Å²) in [6.45, 7) is 1.73. The largest absolute Gasteiger partial charge is 0.377 e. The zero-order valence-corrected chi connectivity index (χ0v) is 18.2. The molecule has 2 N–H and O–H groups in total. The number of benzene rings is 2. The fraction of sp³-hybridized carbons (Fsp3) is 0.250. The Morgan fingerprint density at radius 2 is 1.97 bits per heavy atom. The maximum atomic E-state index is 14.7. The summed E-state index contributed by atoms with van der Waals surface area (Å²) in [6.07, 6.45) is 2.18. The molecule has 0 spiro atoms. The zero-order valence-electron chi connectivity index (χ0n) is 15.8. The van der Waals surface area contributed by atoms with Crippen molar-refractivity contribution in [2.24, 2.45) is 0 Å². The van der Waals surface area contributed by atoms with Gasteiger partial charge in [-0.15, -0.1) is 11.3 Å². The van der Waals surface area contributed by atoms with E-state index in [9.17, 15) is 17.2 Å². The summed E-state index contributed by atoms with van der Waals surface area (Å²) >= 11 is 7.42. The lowest BCUT2D eigenvalue weighted by molar-refractivity contribution is 0.570. The second kappa shape index (κ2) is 8.13. The van der Waals surface area contributed by atoms with Crippen LogP contribution in [0.2, 0.25) is 5.02 Å². The number of halogens is 3. The Kier molecular flexibility index (Phi) is 5.69. The normalized spacial score (nSPS) is 15.1. The van der Waals surface area contributed by atoms with Crippen LogP contribution >= 0.6 is 22.9 Å². The molecule has 0 amide bonds. The summed E-state index contributed by atoms with van der Waals surface area (Å²) in [6, 6.07) is 6.55. The van der Waals surface area contributed by atoms with E-state index in [2.05, 4.69) is 15.0 Å². The van der Waals surface area contributed by atoms with Gasteiger partial charge in [-0.2, -0.15) is 0 Å². The molecule has 1 saturated carbocycles. The van der Waals surface area contributed by atoms with Crippen molar-refractivity contribution in [3.63, 3.8) is 0 Å². The maximum absolute atomic E-state index is 14.7. The van der Waals surface area contributed by atoms with Crippen LogP contribution in [0.25, 0.3) is 0 Å². The van der Waals surface area contributed by atoms with E-state index in [0.29, 0.717) is 11.5 Å². The summed E-state index contributed by atoms with van der Waals surface area (Å²) in [5, 5.41) is 4.47. The number of rotatable bonds is 7. The van der Waals surface area contributed by atoms with Crippen molar-refractivity contribution < 1.29 is 17.2 Å². The first kappa shape index (κ1) is 21.0. The topological polar surface area (TPSA) is 71.1 Å². The van der Waals surface area contributed by atoms with Gasteiger partial charge in [0, 0.05) is 10.9 Å². The van der Waals surface area contributed by atoms with Crippen molar-refractivity contribution in [3.05, 3.63) is 69.0 Å². The maximum Gasteiger partial charge on any atom is 0.266 e. The molecule has 30 heavy (non-hydrogen) atoms. The Balaban J connectivity index is 1.58. The molecule has 0 saturated heterocycles. The van der Waals surface area contributed by atoms with Crippen molar-refractivity contribution in [2.75, 3.05) is 10.0 Å². The molecule has 0 bridgehead atoms. The number of aromatic nitrogens is 1. The Hall–Kier alpha value is -2.23. The summed E-state index contributed by atoms with van der Waals surface area (Å²) in [5.41, 5.74) is 3.14. The second-order valence-corrected chi connectivity index (χ2v) is 9.94. The average molecular weight is 470 g/mol. The molecule has 1 aromatic heterocycles. The first-order valence-electron chi connectivity index (χ1n) is 9.20. The lowest BCUT2D eigenvalue weighted by Gasteiger charge is -2.19. The second-order valence-electron chi connectivity index (χ2n) is 7.16. The highest BCUT2D eigenvalue weighted by Crippen LogP contribution is 2.41. The van der Waals surface area contributed by atoms with E-state index in [-0.39, 0.29) is 22.3 Å². The van der Waals surface area contributed by atoms with Gasteiger partial charge >= 0.3 is 0 Å². The molecule has 1 atom stereocenters. The number of nitrogens with zero attached hydrogens (tertiary/aromatic N) is 1. The first-order valence-corrected chi connectivity index (χ1v) is 12.0. The molecule has 1 heterocycles. The van der Waals surface area contributed by atoms with Crippen LogP contribution in [0.3, 0.4) is 0 Å². The van der Waals surface area contributed by atoms with Crippen molar-refractivity contribution in [1.29, 1.82) is 0 Å². The molecule has 3 aromatic rings. The molecular weight excluding hydrogens is 452 g/mol. The third-order valence-corrected chi connectivity index (χ3v) is 7.16. The Bertz CT molecular complexity index is 1180. The summed E-state index contributed by atoms with van der Waals surface area (Å²) in [5.74, 6) is -0.795. The van der Waals surface area contributed by atoms with Crippen LogP contribution in [0, 0.1) is 11.6 Å².